The summed E-state index contributed by atoms with van der Waals surface area (Å²) in [5.74, 6) is 1.94. The summed E-state index contributed by atoms with van der Waals surface area (Å²) in [6, 6.07) is 0. The van der Waals surface area contributed by atoms with Crippen molar-refractivity contribution in [2.75, 3.05) is 13.1 Å². The Balaban J connectivity index is 1.67. The molecule has 0 spiro atoms. The van der Waals surface area contributed by atoms with E-state index in [9.17, 15) is 0 Å². The van der Waals surface area contributed by atoms with Gasteiger partial charge in [-0.15, -0.1) is 0 Å². The van der Waals surface area contributed by atoms with E-state index in [-0.39, 0.29) is 0 Å². The minimum Gasteiger partial charge on any atom is -0.316 e. The van der Waals surface area contributed by atoms with E-state index >= 15 is 0 Å². The lowest BCUT2D eigenvalue weighted by atomic mass is 9.81. The Hall–Kier alpha value is -0.0400. The van der Waals surface area contributed by atoms with Crippen LogP contribution in [0.25, 0.3) is 0 Å². The van der Waals surface area contributed by atoms with Gasteiger partial charge in [-0.05, 0) is 55.9 Å². The third kappa shape index (κ3) is 3.71. The van der Waals surface area contributed by atoms with Gasteiger partial charge in [0.15, 0.2) is 0 Å². The largest absolute Gasteiger partial charge is 0.316 e. The topological polar surface area (TPSA) is 12.0 Å². The molecule has 2 atom stereocenters. The minimum atomic E-state index is 0.667. The monoisotopic (exact) mass is 237 g/mol. The van der Waals surface area contributed by atoms with Crippen LogP contribution in [-0.2, 0) is 0 Å². The summed E-state index contributed by atoms with van der Waals surface area (Å²) in [4.78, 5) is 0. The molecule has 100 valence electrons. The SMILES string of the molecule is CCC1(CNCC2CCCC(C)C2)CCCC1. The third-order valence-corrected chi connectivity index (χ3v) is 5.39. The lowest BCUT2D eigenvalue weighted by molar-refractivity contribution is 0.235. The van der Waals surface area contributed by atoms with E-state index in [1.807, 2.05) is 0 Å². The zero-order valence-electron chi connectivity index (χ0n) is 11.9. The molecule has 0 bridgehead atoms. The van der Waals surface area contributed by atoms with Crippen LogP contribution in [0.1, 0.15) is 71.6 Å². The maximum atomic E-state index is 3.81. The predicted octanol–water partition coefficient (Wildman–Crippen LogP) is 4.37. The number of hydrogen-bond donors (Lipinski definition) is 1. The molecule has 17 heavy (non-hydrogen) atoms. The summed E-state index contributed by atoms with van der Waals surface area (Å²) < 4.78 is 0. The van der Waals surface area contributed by atoms with Crippen molar-refractivity contribution in [2.45, 2.75) is 71.6 Å². The standard InChI is InChI=1S/C16H31N/c1-3-16(9-4-5-10-16)13-17-12-15-8-6-7-14(2)11-15/h14-15,17H,3-13H2,1-2H3. The summed E-state index contributed by atoms with van der Waals surface area (Å²) in [6.45, 7) is 7.38. The van der Waals surface area contributed by atoms with Gasteiger partial charge in [-0.2, -0.15) is 0 Å². The van der Waals surface area contributed by atoms with Gasteiger partial charge in [0.1, 0.15) is 0 Å². The van der Waals surface area contributed by atoms with Crippen LogP contribution in [0.4, 0.5) is 0 Å². The molecule has 2 aliphatic rings. The number of rotatable bonds is 5. The van der Waals surface area contributed by atoms with Crippen LogP contribution in [0, 0.1) is 17.3 Å². The second kappa shape index (κ2) is 6.22. The van der Waals surface area contributed by atoms with E-state index in [0.717, 1.165) is 11.8 Å². The van der Waals surface area contributed by atoms with Gasteiger partial charge >= 0.3 is 0 Å². The Kier molecular flexibility index (Phi) is 4.90. The molecule has 1 nitrogen and oxygen atoms in total. The summed E-state index contributed by atoms with van der Waals surface area (Å²) >= 11 is 0. The van der Waals surface area contributed by atoms with Crippen molar-refractivity contribution in [3.63, 3.8) is 0 Å². The van der Waals surface area contributed by atoms with Crippen LogP contribution < -0.4 is 5.32 Å². The highest BCUT2D eigenvalue weighted by atomic mass is 14.9. The van der Waals surface area contributed by atoms with E-state index in [2.05, 4.69) is 19.2 Å². The first-order valence-electron chi connectivity index (χ1n) is 7.95. The summed E-state index contributed by atoms with van der Waals surface area (Å²) in [7, 11) is 0. The second-order valence-corrected chi connectivity index (χ2v) is 6.83. The molecule has 0 saturated heterocycles. The number of nitrogens with one attached hydrogen (secondary N) is 1. The molecule has 0 aliphatic heterocycles. The van der Waals surface area contributed by atoms with E-state index in [0.29, 0.717) is 5.41 Å². The zero-order chi connectivity index (χ0) is 12.1. The first kappa shape index (κ1) is 13.4. The van der Waals surface area contributed by atoms with Gasteiger partial charge in [0.25, 0.3) is 0 Å². The highest BCUT2D eigenvalue weighted by molar-refractivity contribution is 4.86. The molecule has 2 saturated carbocycles. The molecule has 0 radical (unpaired) electrons. The lowest BCUT2D eigenvalue weighted by Crippen LogP contribution is -2.35. The van der Waals surface area contributed by atoms with Gasteiger partial charge in [0.2, 0.25) is 0 Å². The highest BCUT2D eigenvalue weighted by Crippen LogP contribution is 2.40. The molecule has 2 unspecified atom stereocenters. The maximum absolute atomic E-state index is 3.81. The van der Waals surface area contributed by atoms with Crippen molar-refractivity contribution in [1.82, 2.24) is 5.32 Å². The zero-order valence-corrected chi connectivity index (χ0v) is 11.9. The molecule has 1 N–H and O–H groups in total. The predicted molar refractivity (Wildman–Crippen MR) is 75.2 cm³/mol. The quantitative estimate of drug-likeness (QED) is 0.748. The Labute approximate surface area is 108 Å². The van der Waals surface area contributed by atoms with Gasteiger partial charge in [0, 0.05) is 6.54 Å². The maximum Gasteiger partial charge on any atom is 0.000782 e. The normalized spacial score (nSPS) is 32.8. The van der Waals surface area contributed by atoms with E-state index in [1.54, 1.807) is 0 Å². The van der Waals surface area contributed by atoms with Crippen molar-refractivity contribution in [3.05, 3.63) is 0 Å². The Morgan fingerprint density at radius 2 is 1.88 bits per heavy atom. The molecule has 0 amide bonds. The van der Waals surface area contributed by atoms with Crippen LogP contribution in [0.2, 0.25) is 0 Å². The van der Waals surface area contributed by atoms with Crippen LogP contribution in [-0.4, -0.2) is 13.1 Å². The average molecular weight is 237 g/mol. The van der Waals surface area contributed by atoms with Crippen molar-refractivity contribution < 1.29 is 0 Å². The van der Waals surface area contributed by atoms with Gasteiger partial charge in [0.05, 0.1) is 0 Å². The molecule has 2 fully saturated rings. The molecule has 0 aromatic rings. The molecule has 2 rings (SSSR count). The molecular weight excluding hydrogens is 206 g/mol. The van der Waals surface area contributed by atoms with Crippen molar-refractivity contribution in [3.8, 4) is 0 Å². The number of hydrogen-bond acceptors (Lipinski definition) is 1. The van der Waals surface area contributed by atoms with Crippen LogP contribution in [0.5, 0.6) is 0 Å². The fourth-order valence-corrected chi connectivity index (χ4v) is 4.07. The van der Waals surface area contributed by atoms with Crippen molar-refractivity contribution in [2.24, 2.45) is 17.3 Å². The Bertz CT molecular complexity index is 218. The smallest absolute Gasteiger partial charge is 0.000782 e. The second-order valence-electron chi connectivity index (χ2n) is 6.83. The van der Waals surface area contributed by atoms with Crippen molar-refractivity contribution >= 4 is 0 Å². The van der Waals surface area contributed by atoms with Crippen molar-refractivity contribution in [1.29, 1.82) is 0 Å². The van der Waals surface area contributed by atoms with Gasteiger partial charge in [-0.3, -0.25) is 0 Å². The molecule has 0 heterocycles. The van der Waals surface area contributed by atoms with Gasteiger partial charge < -0.3 is 5.32 Å². The summed E-state index contributed by atoms with van der Waals surface area (Å²) in [6.07, 6.45) is 13.1. The lowest BCUT2D eigenvalue weighted by Gasteiger charge is -2.31. The van der Waals surface area contributed by atoms with E-state index < -0.39 is 0 Å². The molecule has 0 aromatic heterocycles. The minimum absolute atomic E-state index is 0.667. The molecule has 1 heteroatoms. The molecule has 0 aromatic carbocycles. The van der Waals surface area contributed by atoms with Gasteiger partial charge in [-0.1, -0.05) is 39.5 Å². The van der Waals surface area contributed by atoms with Gasteiger partial charge in [-0.25, -0.2) is 0 Å². The van der Waals surface area contributed by atoms with E-state index in [4.69, 9.17) is 0 Å². The van der Waals surface area contributed by atoms with Crippen LogP contribution in [0.15, 0.2) is 0 Å². The molecular formula is C16H31N. The van der Waals surface area contributed by atoms with Crippen LogP contribution in [0.3, 0.4) is 0 Å². The summed E-state index contributed by atoms with van der Waals surface area (Å²) in [5.41, 5.74) is 0.667. The summed E-state index contributed by atoms with van der Waals surface area (Å²) in [5, 5.41) is 3.81. The fourth-order valence-electron chi connectivity index (χ4n) is 4.07. The Morgan fingerprint density at radius 3 is 2.53 bits per heavy atom. The van der Waals surface area contributed by atoms with E-state index in [1.165, 1.54) is 70.9 Å². The molecule has 2 aliphatic carbocycles. The van der Waals surface area contributed by atoms with Crippen LogP contribution >= 0.6 is 0 Å². The first-order valence-corrected chi connectivity index (χ1v) is 7.95. The highest BCUT2D eigenvalue weighted by Gasteiger charge is 2.31. The Morgan fingerprint density at radius 1 is 1.12 bits per heavy atom. The first-order chi connectivity index (χ1) is 8.24. The average Bonchev–Trinajstić information content (AvgIpc) is 2.79. The third-order valence-electron chi connectivity index (χ3n) is 5.39. The fraction of sp³-hybridized carbons (Fsp3) is 1.00.